The summed E-state index contributed by atoms with van der Waals surface area (Å²) in [6.45, 7) is 4.23. The fourth-order valence-corrected chi connectivity index (χ4v) is 8.07. The lowest BCUT2D eigenvalue weighted by molar-refractivity contribution is -0.122. The molecule has 3 N–H and O–H groups in total. The zero-order valence-electron chi connectivity index (χ0n) is 27.4. The van der Waals surface area contributed by atoms with E-state index in [1.165, 1.54) is 10.5 Å². The van der Waals surface area contributed by atoms with Gasteiger partial charge in [0.25, 0.3) is 0 Å². The molecule has 1 aliphatic carbocycles. The first-order chi connectivity index (χ1) is 23.3. The van der Waals surface area contributed by atoms with Crippen LogP contribution in [0.15, 0.2) is 108 Å². The Bertz CT molecular complexity index is 1900. The van der Waals surface area contributed by atoms with Gasteiger partial charge in [-0.25, -0.2) is 0 Å². The van der Waals surface area contributed by atoms with E-state index in [0.717, 1.165) is 58.1 Å². The summed E-state index contributed by atoms with van der Waals surface area (Å²) in [6.07, 6.45) is 5.82. The van der Waals surface area contributed by atoms with E-state index < -0.39 is 19.0 Å². The van der Waals surface area contributed by atoms with Gasteiger partial charge in [0, 0.05) is 16.8 Å². The quantitative estimate of drug-likeness (QED) is 0.0968. The summed E-state index contributed by atoms with van der Waals surface area (Å²) in [5.74, 6) is -1.28. The maximum absolute atomic E-state index is 14.2. The van der Waals surface area contributed by atoms with Crippen molar-refractivity contribution in [3.63, 3.8) is 0 Å². The molecule has 2 heterocycles. The predicted octanol–water partition coefficient (Wildman–Crippen LogP) is 8.27. The van der Waals surface area contributed by atoms with Gasteiger partial charge in [-0.2, -0.15) is 0 Å². The summed E-state index contributed by atoms with van der Waals surface area (Å²) >= 11 is 0. The van der Waals surface area contributed by atoms with E-state index in [2.05, 4.69) is 25.2 Å². The first kappa shape index (κ1) is 31.9. The van der Waals surface area contributed by atoms with Gasteiger partial charge in [-0.05, 0) is 104 Å². The van der Waals surface area contributed by atoms with Crippen molar-refractivity contribution in [1.82, 2.24) is 0 Å². The van der Waals surface area contributed by atoms with Gasteiger partial charge in [0.2, 0.25) is 11.8 Å². The normalized spacial score (nSPS) is 22.7. The number of aromatic hydroxyl groups is 1. The molecule has 0 unspecified atom stereocenters. The Morgan fingerprint density at radius 1 is 0.917 bits per heavy atom. The third-order valence-corrected chi connectivity index (χ3v) is 10.2. The molecule has 4 aromatic rings. The standard InChI is InChI=1S/C40H41BN2O5/c1-3-9-27-23-33-38(40(46)43(39(33)45)30-18-16-29(17-19-30)42-28-10-5-4-6-11-28)34-24-41(47)48-36(37(27)34)21-14-25(2)22-26-15-20-35(44)32-13-8-7-12-31(26)32/h4-8,10-13,15-20,22,33-34,36,38,42,44,47H,3,9,14,21,23-24H2,1-2H3/b25-22+/t33-,34+,36-,38-/m1/s1. The van der Waals surface area contributed by atoms with Crippen molar-refractivity contribution in [3.05, 3.63) is 113 Å². The van der Waals surface area contributed by atoms with Crippen molar-refractivity contribution in [2.24, 2.45) is 17.8 Å². The molecule has 0 spiro atoms. The van der Waals surface area contributed by atoms with Crippen molar-refractivity contribution in [1.29, 1.82) is 0 Å². The number of imide groups is 1. The third kappa shape index (κ3) is 6.06. The van der Waals surface area contributed by atoms with E-state index >= 15 is 0 Å². The molecule has 48 heavy (non-hydrogen) atoms. The highest BCUT2D eigenvalue weighted by Crippen LogP contribution is 2.52. The van der Waals surface area contributed by atoms with E-state index in [4.69, 9.17) is 4.65 Å². The van der Waals surface area contributed by atoms with Crippen LogP contribution in [0.3, 0.4) is 0 Å². The number of carbonyl (C=O) groups excluding carboxylic acids is 2. The molecule has 0 aromatic heterocycles. The summed E-state index contributed by atoms with van der Waals surface area (Å²) in [5.41, 5.74) is 6.92. The molecule has 7 nitrogen and oxygen atoms in total. The fraction of sp³-hybridized carbons (Fsp3) is 0.300. The van der Waals surface area contributed by atoms with Gasteiger partial charge in [0.05, 0.1) is 23.6 Å². The van der Waals surface area contributed by atoms with E-state index in [1.54, 1.807) is 6.07 Å². The number of amides is 2. The molecule has 2 fully saturated rings. The lowest BCUT2D eigenvalue weighted by atomic mass is 9.58. The number of phenolic OH excluding ortho intramolecular Hbond substituents is 1. The number of rotatable bonds is 9. The van der Waals surface area contributed by atoms with Gasteiger partial charge < -0.3 is 20.1 Å². The fourth-order valence-electron chi connectivity index (χ4n) is 8.07. The van der Waals surface area contributed by atoms with E-state index in [0.29, 0.717) is 24.8 Å². The van der Waals surface area contributed by atoms with Crippen LogP contribution in [0.1, 0.15) is 51.5 Å². The number of nitrogens with one attached hydrogen (secondary N) is 1. The first-order valence-electron chi connectivity index (χ1n) is 17.1. The van der Waals surface area contributed by atoms with E-state index in [-0.39, 0.29) is 29.6 Å². The number of benzene rings is 4. The second-order valence-corrected chi connectivity index (χ2v) is 13.4. The van der Waals surface area contributed by atoms with Gasteiger partial charge >= 0.3 is 7.12 Å². The average Bonchev–Trinajstić information content (AvgIpc) is 3.34. The molecule has 2 aliphatic heterocycles. The molecule has 0 radical (unpaired) electrons. The van der Waals surface area contributed by atoms with Crippen molar-refractivity contribution in [3.8, 4) is 5.75 Å². The Kier molecular flexibility index (Phi) is 8.95. The number of phenols is 1. The number of hydrogen-bond donors (Lipinski definition) is 3. The van der Waals surface area contributed by atoms with E-state index in [9.17, 15) is 19.7 Å². The highest BCUT2D eigenvalue weighted by Gasteiger charge is 2.57. The predicted molar refractivity (Wildman–Crippen MR) is 192 cm³/mol. The second-order valence-electron chi connectivity index (χ2n) is 13.4. The Balaban J connectivity index is 1.12. The number of nitrogens with zero attached hydrogens (tertiary/aromatic N) is 1. The summed E-state index contributed by atoms with van der Waals surface area (Å²) in [4.78, 5) is 29.5. The molecule has 4 aromatic carbocycles. The molecule has 0 bridgehead atoms. The minimum Gasteiger partial charge on any atom is -0.507 e. The number of allylic oxidation sites excluding steroid dienone is 2. The summed E-state index contributed by atoms with van der Waals surface area (Å²) in [5, 5.41) is 26.5. The maximum Gasteiger partial charge on any atom is 0.455 e. The zero-order valence-corrected chi connectivity index (χ0v) is 27.4. The molecule has 244 valence electrons. The van der Waals surface area contributed by atoms with Crippen molar-refractivity contribution in [2.45, 2.75) is 58.4 Å². The topological polar surface area (TPSA) is 99.1 Å². The van der Waals surface area contributed by atoms with Gasteiger partial charge in [0.1, 0.15) is 5.75 Å². The van der Waals surface area contributed by atoms with Crippen LogP contribution in [0, 0.1) is 17.8 Å². The van der Waals surface area contributed by atoms with Crippen LogP contribution in [0.5, 0.6) is 5.75 Å². The smallest absolute Gasteiger partial charge is 0.455 e. The summed E-state index contributed by atoms with van der Waals surface area (Å²) in [7, 11) is -1.00. The Morgan fingerprint density at radius 3 is 2.38 bits per heavy atom. The van der Waals surface area contributed by atoms with Crippen LogP contribution in [0.4, 0.5) is 17.1 Å². The Labute approximate surface area is 282 Å². The first-order valence-corrected chi connectivity index (χ1v) is 17.1. The molecule has 2 amide bonds. The number of para-hydroxylation sites is 1. The van der Waals surface area contributed by atoms with Crippen LogP contribution >= 0.6 is 0 Å². The van der Waals surface area contributed by atoms with Crippen LogP contribution in [0.25, 0.3) is 16.8 Å². The van der Waals surface area contributed by atoms with Crippen LogP contribution in [-0.4, -0.2) is 35.2 Å². The number of carbonyl (C=O) groups is 2. The van der Waals surface area contributed by atoms with Gasteiger partial charge in [-0.3, -0.25) is 14.5 Å². The second kappa shape index (κ2) is 13.5. The molecule has 3 aliphatic rings. The van der Waals surface area contributed by atoms with Gasteiger partial charge in [0.15, 0.2) is 0 Å². The van der Waals surface area contributed by atoms with Gasteiger partial charge in [-0.1, -0.05) is 79.1 Å². The molecule has 2 saturated heterocycles. The van der Waals surface area contributed by atoms with E-state index in [1.807, 2.05) is 84.9 Å². The minimum absolute atomic E-state index is 0.154. The molecular formula is C40H41BN2O5. The SMILES string of the molecule is CCCC1=C2[C@@H](CC/C(C)=C/c3ccc(O)c4ccccc34)OB(O)C[C@@H]2[C@@H]2C(=O)N(c3ccc(Nc4ccccc4)cc3)C(=O)[C@@H]2C1. The molecule has 7 rings (SSSR count). The number of hydrogen-bond acceptors (Lipinski definition) is 6. The molecule has 8 heteroatoms. The van der Waals surface area contributed by atoms with Crippen molar-refractivity contribution in [2.75, 3.05) is 10.2 Å². The van der Waals surface area contributed by atoms with Crippen LogP contribution in [0.2, 0.25) is 6.32 Å². The third-order valence-electron chi connectivity index (χ3n) is 10.2. The number of fused-ring (bicyclic) bond motifs is 4. The highest BCUT2D eigenvalue weighted by molar-refractivity contribution is 6.43. The molecule has 4 atom stereocenters. The van der Waals surface area contributed by atoms with Gasteiger partial charge in [-0.15, -0.1) is 0 Å². The minimum atomic E-state index is -1.00. The zero-order chi connectivity index (χ0) is 33.4. The molecular weight excluding hydrogens is 599 g/mol. The van der Waals surface area contributed by atoms with Crippen LogP contribution in [-0.2, 0) is 14.2 Å². The highest BCUT2D eigenvalue weighted by atomic mass is 16.5. The summed E-state index contributed by atoms with van der Waals surface area (Å²) in [6, 6.07) is 28.8. The maximum atomic E-state index is 14.2. The monoisotopic (exact) mass is 640 g/mol. The lowest BCUT2D eigenvalue weighted by Crippen LogP contribution is -2.46. The van der Waals surface area contributed by atoms with Crippen LogP contribution < -0.4 is 10.2 Å². The average molecular weight is 641 g/mol. The van der Waals surface area contributed by atoms with Crippen molar-refractivity contribution < 1.29 is 24.4 Å². The molecule has 0 saturated carbocycles. The summed E-state index contributed by atoms with van der Waals surface area (Å²) < 4.78 is 6.22. The van der Waals surface area contributed by atoms with Crippen molar-refractivity contribution >= 4 is 52.8 Å². The number of anilines is 3. The lowest BCUT2D eigenvalue weighted by Gasteiger charge is -2.43. The Hall–Kier alpha value is -4.66. The Morgan fingerprint density at radius 2 is 1.62 bits per heavy atom. The largest absolute Gasteiger partial charge is 0.507 e.